The third-order valence-electron chi connectivity index (χ3n) is 3.92. The van der Waals surface area contributed by atoms with Gasteiger partial charge in [-0.25, -0.2) is 9.97 Å². The number of hydrogen-bond acceptors (Lipinski definition) is 3. The first kappa shape index (κ1) is 21.0. The molecule has 2 heterocycles. The maximum atomic E-state index is 5.88. The van der Waals surface area contributed by atoms with Gasteiger partial charge in [0.05, 0.1) is 6.61 Å². The van der Waals surface area contributed by atoms with E-state index in [1.54, 1.807) is 12.4 Å². The highest BCUT2D eigenvalue weighted by atomic mass is 79.9. The van der Waals surface area contributed by atoms with Crippen molar-refractivity contribution in [2.45, 2.75) is 13.8 Å². The Balaban J connectivity index is 0.000000167. The maximum Gasteiger partial charge on any atom is 0.221 e. The molecule has 0 spiro atoms. The number of fused-ring (bicyclic) bond motifs is 2. The Hall–Kier alpha value is -1.69. The topological polar surface area (TPSA) is 35.0 Å². The molecule has 4 aromatic rings. The first-order valence-electron chi connectivity index (χ1n) is 8.81. The number of benzene rings is 2. The molecular weight excluding hydrogens is 504 g/mol. The van der Waals surface area contributed by atoms with Crippen LogP contribution in [0.15, 0.2) is 69.9 Å². The maximum absolute atomic E-state index is 5.88. The molecule has 144 valence electrons. The van der Waals surface area contributed by atoms with E-state index in [4.69, 9.17) is 16.3 Å². The van der Waals surface area contributed by atoms with E-state index in [1.165, 1.54) is 0 Å². The summed E-state index contributed by atoms with van der Waals surface area (Å²) in [5.74, 6) is 1.23. The summed E-state index contributed by atoms with van der Waals surface area (Å²) in [6, 6.07) is 16.0. The zero-order valence-corrected chi connectivity index (χ0v) is 19.4. The van der Waals surface area contributed by atoms with Gasteiger partial charge in [-0.05, 0) is 59.2 Å². The van der Waals surface area contributed by atoms with Gasteiger partial charge in [-0.3, -0.25) is 0 Å². The minimum absolute atomic E-state index is 0.507. The van der Waals surface area contributed by atoms with Crippen LogP contribution in [0.3, 0.4) is 0 Å². The number of halogens is 3. The van der Waals surface area contributed by atoms with Crippen LogP contribution in [0, 0.1) is 5.92 Å². The molecule has 2 aromatic carbocycles. The lowest BCUT2D eigenvalue weighted by Crippen LogP contribution is -2.05. The minimum Gasteiger partial charge on any atom is -0.477 e. The number of ether oxygens (including phenoxy) is 1. The van der Waals surface area contributed by atoms with E-state index in [0.717, 1.165) is 36.4 Å². The number of rotatable bonds is 3. The molecule has 0 fully saturated rings. The predicted octanol–water partition coefficient (Wildman–Crippen LogP) is 7.68. The average Bonchev–Trinajstić information content (AvgIpc) is 2.66. The first-order chi connectivity index (χ1) is 13.4. The molecule has 0 saturated carbocycles. The second kappa shape index (κ2) is 9.68. The Morgan fingerprint density at radius 2 is 1.43 bits per heavy atom. The Labute approximate surface area is 186 Å². The van der Waals surface area contributed by atoms with E-state index in [1.807, 2.05) is 42.5 Å². The molecule has 2 aromatic heterocycles. The van der Waals surface area contributed by atoms with Gasteiger partial charge in [-0.2, -0.15) is 0 Å². The molecule has 4 rings (SSSR count). The molecule has 0 aliphatic carbocycles. The van der Waals surface area contributed by atoms with E-state index in [0.29, 0.717) is 17.7 Å². The fourth-order valence-electron chi connectivity index (χ4n) is 2.59. The van der Waals surface area contributed by atoms with E-state index in [2.05, 4.69) is 61.7 Å². The Morgan fingerprint density at radius 3 is 2.07 bits per heavy atom. The molecule has 0 aliphatic heterocycles. The first-order valence-corrected chi connectivity index (χ1v) is 10.8. The molecule has 0 radical (unpaired) electrons. The second-order valence-electron chi connectivity index (χ2n) is 6.65. The molecule has 0 unspecified atom stereocenters. The fourth-order valence-corrected chi connectivity index (χ4v) is 3.58. The van der Waals surface area contributed by atoms with Crippen LogP contribution in [0.2, 0.25) is 5.15 Å². The number of nitrogens with zero attached hydrogens (tertiary/aromatic N) is 2. The number of aromatic nitrogens is 2. The van der Waals surface area contributed by atoms with Gasteiger partial charge in [-0.1, -0.05) is 63.4 Å². The van der Waals surface area contributed by atoms with Crippen LogP contribution in [0.25, 0.3) is 21.5 Å². The Morgan fingerprint density at radius 1 is 0.857 bits per heavy atom. The molecule has 0 amide bonds. The second-order valence-corrected chi connectivity index (χ2v) is 8.84. The van der Waals surface area contributed by atoms with Crippen LogP contribution in [0.5, 0.6) is 5.88 Å². The van der Waals surface area contributed by atoms with Crippen molar-refractivity contribution in [1.29, 1.82) is 0 Å². The van der Waals surface area contributed by atoms with Crippen molar-refractivity contribution >= 4 is 65.0 Å². The summed E-state index contributed by atoms with van der Waals surface area (Å²) in [6.07, 6.45) is 3.49. The molecule has 0 aliphatic rings. The predicted molar refractivity (Wildman–Crippen MR) is 124 cm³/mol. The van der Waals surface area contributed by atoms with Gasteiger partial charge in [-0.15, -0.1) is 0 Å². The number of hydrogen-bond donors (Lipinski definition) is 0. The van der Waals surface area contributed by atoms with Crippen LogP contribution in [-0.4, -0.2) is 16.6 Å². The molecule has 0 N–H and O–H groups in total. The minimum atomic E-state index is 0.507. The summed E-state index contributed by atoms with van der Waals surface area (Å²) in [4.78, 5) is 8.26. The highest BCUT2D eigenvalue weighted by molar-refractivity contribution is 9.10. The van der Waals surface area contributed by atoms with Crippen molar-refractivity contribution in [3.63, 3.8) is 0 Å². The van der Waals surface area contributed by atoms with E-state index >= 15 is 0 Å². The standard InChI is InChI=1S/C13H14BrNO.C9H5BrClN/c1-9(2)8-16-13-12-4-3-11(14)7-10(12)5-6-15-13;10-7-1-2-8-6(5-7)3-4-12-9(8)11/h3-7,9H,8H2,1-2H3;1-5H. The van der Waals surface area contributed by atoms with Crippen LogP contribution in [0.1, 0.15) is 13.8 Å². The van der Waals surface area contributed by atoms with Crippen molar-refractivity contribution in [3.8, 4) is 5.88 Å². The lowest BCUT2D eigenvalue weighted by atomic mass is 10.2. The van der Waals surface area contributed by atoms with Crippen LogP contribution in [0.4, 0.5) is 0 Å². The van der Waals surface area contributed by atoms with E-state index in [9.17, 15) is 0 Å². The van der Waals surface area contributed by atoms with Gasteiger partial charge in [0.2, 0.25) is 5.88 Å². The lowest BCUT2D eigenvalue weighted by Gasteiger charge is -2.10. The molecule has 0 saturated heterocycles. The van der Waals surface area contributed by atoms with Gasteiger partial charge < -0.3 is 4.74 Å². The van der Waals surface area contributed by atoms with Crippen LogP contribution < -0.4 is 4.74 Å². The summed E-state index contributed by atoms with van der Waals surface area (Å²) >= 11 is 12.7. The van der Waals surface area contributed by atoms with Gasteiger partial charge in [0, 0.05) is 32.1 Å². The smallest absolute Gasteiger partial charge is 0.221 e. The largest absolute Gasteiger partial charge is 0.477 e. The average molecular weight is 523 g/mol. The van der Waals surface area contributed by atoms with Crippen molar-refractivity contribution in [2.24, 2.45) is 5.92 Å². The summed E-state index contributed by atoms with van der Waals surface area (Å²) in [6.45, 7) is 4.95. The molecular formula is C22H19Br2ClN2O. The van der Waals surface area contributed by atoms with Gasteiger partial charge in [0.15, 0.2) is 0 Å². The molecule has 6 heteroatoms. The monoisotopic (exact) mass is 520 g/mol. The summed E-state index contributed by atoms with van der Waals surface area (Å²) in [7, 11) is 0. The van der Waals surface area contributed by atoms with Crippen LogP contribution in [-0.2, 0) is 0 Å². The normalized spacial score (nSPS) is 10.8. The quantitative estimate of drug-likeness (QED) is 0.259. The third-order valence-corrected chi connectivity index (χ3v) is 5.21. The lowest BCUT2D eigenvalue weighted by molar-refractivity contribution is 0.264. The fraction of sp³-hybridized carbons (Fsp3) is 0.182. The van der Waals surface area contributed by atoms with Gasteiger partial charge in [0.1, 0.15) is 5.15 Å². The van der Waals surface area contributed by atoms with Crippen molar-refractivity contribution in [3.05, 3.63) is 75.0 Å². The molecule has 0 bridgehead atoms. The zero-order chi connectivity index (χ0) is 20.1. The summed E-state index contributed by atoms with van der Waals surface area (Å²) in [5, 5.41) is 4.85. The molecule has 28 heavy (non-hydrogen) atoms. The zero-order valence-electron chi connectivity index (χ0n) is 15.5. The third kappa shape index (κ3) is 5.43. The van der Waals surface area contributed by atoms with Crippen molar-refractivity contribution < 1.29 is 4.74 Å². The highest BCUT2D eigenvalue weighted by Gasteiger charge is 2.04. The number of pyridine rings is 2. The SMILES string of the molecule is CC(C)COc1nccc2cc(Br)ccc12.Clc1nccc2cc(Br)ccc12. The Bertz CT molecular complexity index is 1100. The highest BCUT2D eigenvalue weighted by Crippen LogP contribution is 2.26. The van der Waals surface area contributed by atoms with E-state index in [-0.39, 0.29) is 0 Å². The van der Waals surface area contributed by atoms with Gasteiger partial charge >= 0.3 is 0 Å². The molecule has 0 atom stereocenters. The summed E-state index contributed by atoms with van der Waals surface area (Å²) in [5.41, 5.74) is 0. The molecule has 3 nitrogen and oxygen atoms in total. The Kier molecular flexibility index (Phi) is 7.27. The van der Waals surface area contributed by atoms with E-state index < -0.39 is 0 Å². The summed E-state index contributed by atoms with van der Waals surface area (Å²) < 4.78 is 7.82. The van der Waals surface area contributed by atoms with Crippen molar-refractivity contribution in [1.82, 2.24) is 9.97 Å². The van der Waals surface area contributed by atoms with Crippen LogP contribution >= 0.6 is 43.5 Å². The van der Waals surface area contributed by atoms with Crippen molar-refractivity contribution in [2.75, 3.05) is 6.61 Å². The van der Waals surface area contributed by atoms with Gasteiger partial charge in [0.25, 0.3) is 0 Å².